The van der Waals surface area contributed by atoms with Crippen molar-refractivity contribution in [1.82, 2.24) is 4.90 Å². The number of methoxy groups -OCH3 is 1. The van der Waals surface area contributed by atoms with Gasteiger partial charge in [-0.3, -0.25) is 4.90 Å². The van der Waals surface area contributed by atoms with Crippen molar-refractivity contribution in [3.63, 3.8) is 0 Å². The van der Waals surface area contributed by atoms with Crippen molar-refractivity contribution < 1.29 is 48.3 Å². The molecule has 1 fully saturated rings. The first-order chi connectivity index (χ1) is 25.9. The molecule has 6 atom stereocenters. The fourth-order valence-corrected chi connectivity index (χ4v) is 8.66. The lowest BCUT2D eigenvalue weighted by molar-refractivity contribution is -0.256. The highest BCUT2D eigenvalue weighted by Gasteiger charge is 2.65. The fraction of sp³-hybridized carbons (Fsp3) is 0.512. The smallest absolute Gasteiger partial charge is 0.410 e. The molecule has 2 aromatic carbocycles. The topological polar surface area (TPSA) is 138 Å². The molecule has 2 aliphatic carbocycles. The number of aliphatic hydroxyl groups is 2. The van der Waals surface area contributed by atoms with Gasteiger partial charge >= 0.3 is 6.09 Å². The summed E-state index contributed by atoms with van der Waals surface area (Å²) in [5.41, 5.74) is 3.41. The van der Waals surface area contributed by atoms with Crippen LogP contribution in [0.4, 0.5) is 4.79 Å². The van der Waals surface area contributed by atoms with Crippen LogP contribution in [0.5, 0.6) is 23.0 Å². The van der Waals surface area contributed by atoms with Crippen molar-refractivity contribution >= 4 is 11.8 Å². The molecule has 6 unspecified atom stereocenters. The lowest BCUT2D eigenvalue weighted by atomic mass is 9.55. The van der Waals surface area contributed by atoms with Gasteiger partial charge in [-0.25, -0.2) is 4.79 Å². The Balaban J connectivity index is 1.57. The van der Waals surface area contributed by atoms with Gasteiger partial charge in [0, 0.05) is 37.7 Å². The van der Waals surface area contributed by atoms with Gasteiger partial charge in [0.1, 0.15) is 31.3 Å². The predicted octanol–water partition coefficient (Wildman–Crippen LogP) is 6.51. The lowest BCUT2D eigenvalue weighted by Gasteiger charge is -2.59. The number of allylic oxidation sites excluding steroid dienone is 1. The lowest BCUT2D eigenvalue weighted by Crippen LogP contribution is -2.70. The predicted molar refractivity (Wildman–Crippen MR) is 198 cm³/mol. The molecule has 0 radical (unpaired) electrons. The summed E-state index contributed by atoms with van der Waals surface area (Å²) in [6.45, 7) is 8.79. The molecule has 0 saturated heterocycles. The number of amides is 1. The van der Waals surface area contributed by atoms with Crippen molar-refractivity contribution in [1.29, 1.82) is 0 Å². The number of hydrogen-bond acceptors (Lipinski definition) is 11. The number of oxime groups is 1. The number of carbonyl (C=O) groups is 1. The Morgan fingerprint density at radius 2 is 1.74 bits per heavy atom. The zero-order valence-corrected chi connectivity index (χ0v) is 30.7. The number of carbonyl (C=O) groups excluding carboxylic acids is 1. The molecule has 53 heavy (non-hydrogen) atoms. The Labute approximate surface area is 311 Å². The summed E-state index contributed by atoms with van der Waals surface area (Å²) in [5.74, 6) is 0.715. The highest BCUT2D eigenvalue weighted by Crippen LogP contribution is 2.62. The van der Waals surface area contributed by atoms with Gasteiger partial charge in [-0.2, -0.15) is 0 Å². The van der Waals surface area contributed by atoms with Crippen LogP contribution in [0.25, 0.3) is 0 Å². The third-order valence-corrected chi connectivity index (χ3v) is 10.8. The van der Waals surface area contributed by atoms with E-state index >= 15 is 0 Å². The molecule has 2 aliphatic heterocycles. The van der Waals surface area contributed by atoms with E-state index in [9.17, 15) is 15.0 Å². The molecule has 286 valence electrons. The van der Waals surface area contributed by atoms with E-state index in [-0.39, 0.29) is 57.3 Å². The summed E-state index contributed by atoms with van der Waals surface area (Å²) < 4.78 is 36.9. The fourth-order valence-electron chi connectivity index (χ4n) is 8.66. The van der Waals surface area contributed by atoms with Gasteiger partial charge in [-0.05, 0) is 79.0 Å². The number of aliphatic hydroxyl groups excluding tert-OH is 2. The number of benzene rings is 2. The van der Waals surface area contributed by atoms with Gasteiger partial charge < -0.3 is 43.5 Å². The van der Waals surface area contributed by atoms with Gasteiger partial charge in [0.05, 0.1) is 25.3 Å². The number of ether oxygens (including phenoxy) is 6. The average molecular weight is 733 g/mol. The Bertz CT molecular complexity index is 1680. The Morgan fingerprint density at radius 3 is 2.47 bits per heavy atom. The molecular formula is C41H52N2O10. The first-order valence-electron chi connectivity index (χ1n) is 18.5. The van der Waals surface area contributed by atoms with Crippen LogP contribution in [0.3, 0.4) is 0 Å². The van der Waals surface area contributed by atoms with Crippen LogP contribution >= 0.6 is 0 Å². The summed E-state index contributed by atoms with van der Waals surface area (Å²) >= 11 is 0. The number of rotatable bonds is 18. The first-order valence-corrected chi connectivity index (χ1v) is 18.5. The molecule has 0 bridgehead atoms. The summed E-state index contributed by atoms with van der Waals surface area (Å²) in [6.07, 6.45) is 10.1. The molecule has 0 spiro atoms. The van der Waals surface area contributed by atoms with Crippen LogP contribution in [-0.2, 0) is 20.9 Å². The molecule has 12 heteroatoms. The summed E-state index contributed by atoms with van der Waals surface area (Å²) in [5, 5.41) is 24.2. The second-order valence-corrected chi connectivity index (χ2v) is 13.8. The van der Waals surface area contributed by atoms with E-state index in [0.717, 1.165) is 42.4 Å². The molecule has 12 nitrogen and oxygen atoms in total. The van der Waals surface area contributed by atoms with Crippen LogP contribution in [0.15, 0.2) is 78.5 Å². The van der Waals surface area contributed by atoms with E-state index in [0.29, 0.717) is 48.2 Å². The van der Waals surface area contributed by atoms with Crippen LogP contribution in [0.1, 0.15) is 62.0 Å². The SMILES string of the molecule is C=CCOc1ccc2c(c1)C1C(CCCCO)C(CCCCO)C=C3C(=NOC)CC(N(Cc4ccc5c(c4)OCO5)C(=O)OC)C(OCC=C)(O2)C31. The second-order valence-electron chi connectivity index (χ2n) is 13.8. The van der Waals surface area contributed by atoms with Crippen LogP contribution < -0.4 is 18.9 Å². The highest BCUT2D eigenvalue weighted by atomic mass is 16.7. The molecular weight excluding hydrogens is 680 g/mol. The Kier molecular flexibility index (Phi) is 12.6. The zero-order chi connectivity index (χ0) is 37.4. The van der Waals surface area contributed by atoms with Crippen molar-refractivity contribution in [2.75, 3.05) is 47.4 Å². The number of hydrogen-bond donors (Lipinski definition) is 2. The third-order valence-electron chi connectivity index (χ3n) is 10.8. The number of unbranched alkanes of at least 4 members (excludes halogenated alkanes) is 2. The monoisotopic (exact) mass is 732 g/mol. The van der Waals surface area contributed by atoms with Gasteiger partial charge in [-0.1, -0.05) is 48.9 Å². The maximum atomic E-state index is 14.0. The Morgan fingerprint density at radius 1 is 0.981 bits per heavy atom. The Hall–Kier alpha value is -4.52. The molecule has 6 rings (SSSR count). The number of fused-ring (bicyclic) bond motifs is 3. The van der Waals surface area contributed by atoms with Crippen LogP contribution in [0, 0.1) is 17.8 Å². The van der Waals surface area contributed by atoms with Gasteiger partial charge in [0.15, 0.2) is 11.5 Å². The zero-order valence-electron chi connectivity index (χ0n) is 30.7. The summed E-state index contributed by atoms with van der Waals surface area (Å²) in [4.78, 5) is 21.2. The van der Waals surface area contributed by atoms with E-state index in [4.69, 9.17) is 33.3 Å². The minimum Gasteiger partial charge on any atom is -0.490 e. The first kappa shape index (κ1) is 38.2. The van der Waals surface area contributed by atoms with E-state index in [1.165, 1.54) is 14.2 Å². The van der Waals surface area contributed by atoms with Crippen molar-refractivity contribution in [2.24, 2.45) is 22.9 Å². The molecule has 4 aliphatic rings. The average Bonchev–Trinajstić information content (AvgIpc) is 3.65. The van der Waals surface area contributed by atoms with Crippen LogP contribution in [0.2, 0.25) is 0 Å². The molecule has 0 aromatic heterocycles. The summed E-state index contributed by atoms with van der Waals surface area (Å²) in [6, 6.07) is 10.7. The second kappa shape index (κ2) is 17.5. The number of nitrogens with zero attached hydrogens (tertiary/aromatic N) is 2. The minimum absolute atomic E-state index is 0.0842. The molecule has 2 heterocycles. The van der Waals surface area contributed by atoms with Crippen molar-refractivity contribution in [3.05, 3.63) is 84.5 Å². The van der Waals surface area contributed by atoms with E-state index in [1.54, 1.807) is 17.1 Å². The molecule has 2 N–H and O–H groups in total. The van der Waals surface area contributed by atoms with Crippen molar-refractivity contribution in [2.45, 2.75) is 69.2 Å². The van der Waals surface area contributed by atoms with E-state index < -0.39 is 23.8 Å². The highest BCUT2D eigenvalue weighted by molar-refractivity contribution is 6.03. The molecule has 1 saturated carbocycles. The maximum absolute atomic E-state index is 14.0. The third kappa shape index (κ3) is 7.76. The maximum Gasteiger partial charge on any atom is 0.410 e. The standard InChI is InChI=1S/C41H52N2O10/c1-5-19-49-29-14-16-34-32(23-29)38-30(12-8-10-18-45)28(11-7-9-17-44)22-31-33(42-48-4)24-37(41(53-34,39(31)38)52-20-6-2)43(40(46)47-3)25-27-13-15-35-36(21-27)51-26-50-35/h5-6,13-16,21-23,28,30,37-39,44-45H,1-2,7-12,17-20,24-26H2,3-4H3. The van der Waals surface area contributed by atoms with Crippen LogP contribution in [-0.4, -0.2) is 86.2 Å². The normalized spacial score (nSPS) is 25.7. The minimum atomic E-state index is -1.41. The molecule has 2 aromatic rings. The largest absolute Gasteiger partial charge is 0.490 e. The summed E-state index contributed by atoms with van der Waals surface area (Å²) in [7, 11) is 2.89. The van der Waals surface area contributed by atoms with Gasteiger partial charge in [0.2, 0.25) is 12.6 Å². The van der Waals surface area contributed by atoms with Crippen molar-refractivity contribution in [3.8, 4) is 23.0 Å². The quantitative estimate of drug-likeness (QED) is 0.0991. The van der Waals surface area contributed by atoms with Gasteiger partial charge in [-0.15, -0.1) is 6.58 Å². The van der Waals surface area contributed by atoms with Gasteiger partial charge in [0.25, 0.3) is 0 Å². The molecule has 1 amide bonds. The van der Waals surface area contributed by atoms with E-state index in [2.05, 4.69) is 30.5 Å². The van der Waals surface area contributed by atoms with E-state index in [1.807, 2.05) is 30.3 Å².